The monoisotopic (exact) mass is 379 g/mol. The van der Waals surface area contributed by atoms with Gasteiger partial charge in [0.05, 0.1) is 22.3 Å². The Balaban J connectivity index is 2.17. The zero-order valence-corrected chi connectivity index (χ0v) is 14.4. The Morgan fingerprint density at radius 1 is 1.32 bits per heavy atom. The molecule has 0 aliphatic carbocycles. The molecule has 22 heavy (non-hydrogen) atoms. The van der Waals surface area contributed by atoms with Gasteiger partial charge in [0.15, 0.2) is 11.5 Å². The minimum atomic E-state index is 0.187. The summed E-state index contributed by atoms with van der Waals surface area (Å²) >= 11 is 9.61. The molecule has 3 nitrogen and oxygen atoms in total. The molecule has 0 spiro atoms. The zero-order chi connectivity index (χ0) is 15.9. The van der Waals surface area contributed by atoms with Crippen molar-refractivity contribution in [1.82, 2.24) is 0 Å². The summed E-state index contributed by atoms with van der Waals surface area (Å²) in [6.45, 7) is 0.792. The number of para-hydroxylation sites is 1. The van der Waals surface area contributed by atoms with E-state index < -0.39 is 0 Å². The smallest absolute Gasteiger partial charge is 0.176 e. The van der Waals surface area contributed by atoms with Gasteiger partial charge in [-0.05, 0) is 45.8 Å². The van der Waals surface area contributed by atoms with Crippen molar-refractivity contribution in [3.05, 3.63) is 51.5 Å². The average Bonchev–Trinajstić information content (AvgIpc) is 2.52. The predicted octanol–water partition coefficient (Wildman–Crippen LogP) is 4.74. The van der Waals surface area contributed by atoms with Gasteiger partial charge in [0, 0.05) is 6.54 Å². The van der Waals surface area contributed by atoms with Crippen LogP contribution in [-0.4, -0.2) is 13.7 Å². The van der Waals surface area contributed by atoms with Gasteiger partial charge in [-0.25, -0.2) is 0 Å². The molecule has 2 rings (SSSR count). The highest BCUT2D eigenvalue weighted by molar-refractivity contribution is 9.10. The Morgan fingerprint density at radius 3 is 2.77 bits per heavy atom. The first-order valence-electron chi connectivity index (χ1n) is 6.56. The van der Waals surface area contributed by atoms with Crippen molar-refractivity contribution >= 4 is 33.2 Å². The van der Waals surface area contributed by atoms with Gasteiger partial charge in [-0.3, -0.25) is 0 Å². The molecule has 0 saturated heterocycles. The highest BCUT2D eigenvalue weighted by Crippen LogP contribution is 2.37. The second-order valence-corrected chi connectivity index (χ2v) is 5.70. The van der Waals surface area contributed by atoms with Gasteiger partial charge in [0.1, 0.15) is 6.61 Å². The molecule has 0 atom stereocenters. The minimum absolute atomic E-state index is 0.187. The van der Waals surface area contributed by atoms with Gasteiger partial charge in [-0.1, -0.05) is 29.7 Å². The summed E-state index contributed by atoms with van der Waals surface area (Å²) in [6.07, 6.45) is 5.22. The Kier molecular flexibility index (Phi) is 6.00. The molecule has 0 fully saturated rings. The van der Waals surface area contributed by atoms with E-state index in [1.54, 1.807) is 7.11 Å². The van der Waals surface area contributed by atoms with Crippen LogP contribution in [0.4, 0.5) is 5.69 Å². The summed E-state index contributed by atoms with van der Waals surface area (Å²) in [7, 11) is 1.59. The first-order valence-corrected chi connectivity index (χ1v) is 7.74. The minimum Gasteiger partial charge on any atom is -0.493 e. The largest absolute Gasteiger partial charge is 0.493 e. The number of benzene rings is 2. The second-order valence-electron chi connectivity index (χ2n) is 4.44. The number of methoxy groups -OCH3 is 1. The molecule has 0 heterocycles. The molecular formula is C17H15BrClNO2. The van der Waals surface area contributed by atoms with Crippen molar-refractivity contribution in [2.45, 2.75) is 6.54 Å². The molecule has 0 amide bonds. The maximum atomic E-state index is 6.13. The Labute approximate surface area is 143 Å². The summed E-state index contributed by atoms with van der Waals surface area (Å²) in [5.41, 5.74) is 1.91. The predicted molar refractivity (Wildman–Crippen MR) is 93.8 cm³/mol. The van der Waals surface area contributed by atoms with E-state index in [2.05, 4.69) is 27.2 Å². The van der Waals surface area contributed by atoms with E-state index in [0.717, 1.165) is 15.7 Å². The molecule has 0 saturated carbocycles. The lowest BCUT2D eigenvalue weighted by molar-refractivity contribution is 0.328. The van der Waals surface area contributed by atoms with E-state index >= 15 is 0 Å². The van der Waals surface area contributed by atoms with Crippen LogP contribution in [-0.2, 0) is 6.54 Å². The third-order valence-electron chi connectivity index (χ3n) is 2.95. The van der Waals surface area contributed by atoms with E-state index in [4.69, 9.17) is 27.5 Å². The quantitative estimate of drug-likeness (QED) is 0.735. The summed E-state index contributed by atoms with van der Waals surface area (Å²) in [5, 5.41) is 3.97. The van der Waals surface area contributed by atoms with Crippen LogP contribution in [0.1, 0.15) is 5.56 Å². The van der Waals surface area contributed by atoms with Crippen LogP contribution in [0, 0.1) is 12.3 Å². The van der Waals surface area contributed by atoms with E-state index in [1.807, 2.05) is 36.4 Å². The molecule has 5 heteroatoms. The molecule has 0 aromatic heterocycles. The molecule has 0 aliphatic rings. The van der Waals surface area contributed by atoms with Crippen molar-refractivity contribution < 1.29 is 9.47 Å². The van der Waals surface area contributed by atoms with Crippen molar-refractivity contribution in [3.8, 4) is 23.8 Å². The lowest BCUT2D eigenvalue weighted by atomic mass is 10.2. The number of terminal acetylenes is 1. The summed E-state index contributed by atoms with van der Waals surface area (Å²) in [6, 6.07) is 11.5. The number of hydrogen-bond acceptors (Lipinski definition) is 3. The standard InChI is InChI=1S/C17H15BrClNO2/c1-3-8-22-17-13(18)9-12(10-16(17)21-2)11-20-15-7-5-4-6-14(15)19/h1,4-7,9-10,20H,8,11H2,2H3. The second kappa shape index (κ2) is 7.98. The van der Waals surface area contributed by atoms with Crippen LogP contribution >= 0.6 is 27.5 Å². The molecular weight excluding hydrogens is 366 g/mol. The highest BCUT2D eigenvalue weighted by atomic mass is 79.9. The van der Waals surface area contributed by atoms with E-state index in [-0.39, 0.29) is 6.61 Å². The number of rotatable bonds is 6. The van der Waals surface area contributed by atoms with E-state index in [1.165, 1.54) is 0 Å². The maximum Gasteiger partial charge on any atom is 0.176 e. The van der Waals surface area contributed by atoms with E-state index in [0.29, 0.717) is 23.1 Å². The molecule has 0 aliphatic heterocycles. The van der Waals surface area contributed by atoms with Gasteiger partial charge in [0.25, 0.3) is 0 Å². The topological polar surface area (TPSA) is 30.5 Å². The van der Waals surface area contributed by atoms with Crippen molar-refractivity contribution in [3.63, 3.8) is 0 Å². The molecule has 2 aromatic rings. The number of nitrogens with one attached hydrogen (secondary N) is 1. The van der Waals surface area contributed by atoms with Gasteiger partial charge < -0.3 is 14.8 Å². The SMILES string of the molecule is C#CCOc1c(Br)cc(CNc2ccccc2Cl)cc1OC. The Morgan fingerprint density at radius 2 is 2.09 bits per heavy atom. The fraction of sp³-hybridized carbons (Fsp3) is 0.176. The lowest BCUT2D eigenvalue weighted by Crippen LogP contribution is -2.03. The molecule has 2 aromatic carbocycles. The van der Waals surface area contributed by atoms with Crippen molar-refractivity contribution in [2.24, 2.45) is 0 Å². The molecule has 0 radical (unpaired) electrons. The number of anilines is 1. The van der Waals surface area contributed by atoms with Crippen LogP contribution in [0.25, 0.3) is 0 Å². The number of ether oxygens (including phenoxy) is 2. The van der Waals surface area contributed by atoms with Crippen LogP contribution in [0.5, 0.6) is 11.5 Å². The average molecular weight is 381 g/mol. The van der Waals surface area contributed by atoms with Crippen LogP contribution < -0.4 is 14.8 Å². The molecule has 1 N–H and O–H groups in total. The first kappa shape index (κ1) is 16.5. The van der Waals surface area contributed by atoms with Crippen molar-refractivity contribution in [2.75, 3.05) is 19.0 Å². The summed E-state index contributed by atoms with van der Waals surface area (Å²) < 4.78 is 11.6. The third kappa shape index (κ3) is 4.09. The summed E-state index contributed by atoms with van der Waals surface area (Å²) in [5.74, 6) is 3.66. The maximum absolute atomic E-state index is 6.13. The van der Waals surface area contributed by atoms with Crippen LogP contribution in [0.3, 0.4) is 0 Å². The van der Waals surface area contributed by atoms with Gasteiger partial charge in [-0.2, -0.15) is 0 Å². The summed E-state index contributed by atoms with van der Waals surface area (Å²) in [4.78, 5) is 0. The van der Waals surface area contributed by atoms with E-state index in [9.17, 15) is 0 Å². The fourth-order valence-electron chi connectivity index (χ4n) is 1.93. The Hall–Kier alpha value is -1.83. The third-order valence-corrected chi connectivity index (χ3v) is 3.86. The van der Waals surface area contributed by atoms with Gasteiger partial charge >= 0.3 is 0 Å². The molecule has 0 bridgehead atoms. The van der Waals surface area contributed by atoms with Crippen LogP contribution in [0.15, 0.2) is 40.9 Å². The number of halogens is 2. The Bertz CT molecular complexity index is 698. The molecule has 114 valence electrons. The zero-order valence-electron chi connectivity index (χ0n) is 12.0. The van der Waals surface area contributed by atoms with Gasteiger partial charge in [-0.15, -0.1) is 6.42 Å². The fourth-order valence-corrected chi connectivity index (χ4v) is 2.74. The van der Waals surface area contributed by atoms with Gasteiger partial charge in [0.2, 0.25) is 0 Å². The van der Waals surface area contributed by atoms with Crippen LogP contribution in [0.2, 0.25) is 5.02 Å². The lowest BCUT2D eigenvalue weighted by Gasteiger charge is -2.14. The molecule has 0 unspecified atom stereocenters. The first-order chi connectivity index (χ1) is 10.7. The number of hydrogen-bond donors (Lipinski definition) is 1. The van der Waals surface area contributed by atoms with Crippen molar-refractivity contribution in [1.29, 1.82) is 0 Å². The highest BCUT2D eigenvalue weighted by Gasteiger charge is 2.11. The normalized spacial score (nSPS) is 9.91.